The maximum Gasteiger partial charge on any atom is 0.236 e. The van der Waals surface area contributed by atoms with Crippen molar-refractivity contribution in [1.29, 1.82) is 0 Å². The number of unbranched alkanes of at least 4 members (excludes halogenated alkanes) is 1. The summed E-state index contributed by atoms with van der Waals surface area (Å²) in [6.07, 6.45) is 9.36. The van der Waals surface area contributed by atoms with Gasteiger partial charge in [-0.25, -0.2) is 0 Å². The molecule has 2 aliphatic heterocycles. The second-order valence-electron chi connectivity index (χ2n) is 12.4. The van der Waals surface area contributed by atoms with Gasteiger partial charge in [-0.1, -0.05) is 33.6 Å². The Kier molecular flexibility index (Phi) is 14.2. The van der Waals surface area contributed by atoms with Gasteiger partial charge in [0.15, 0.2) is 11.5 Å². The first-order chi connectivity index (χ1) is 20.3. The van der Waals surface area contributed by atoms with Crippen molar-refractivity contribution in [3.63, 3.8) is 0 Å². The van der Waals surface area contributed by atoms with Gasteiger partial charge < -0.3 is 28.9 Å². The summed E-state index contributed by atoms with van der Waals surface area (Å²) in [7, 11) is 5.63. The molecule has 2 heterocycles. The van der Waals surface area contributed by atoms with E-state index in [4.69, 9.17) is 14.2 Å². The van der Waals surface area contributed by atoms with Gasteiger partial charge in [0, 0.05) is 39.3 Å². The Bertz CT molecular complexity index is 976. The van der Waals surface area contributed by atoms with E-state index in [9.17, 15) is 9.59 Å². The van der Waals surface area contributed by atoms with Crippen molar-refractivity contribution in [1.82, 2.24) is 19.6 Å². The minimum Gasteiger partial charge on any atom is -0.493 e. The number of benzene rings is 1. The summed E-state index contributed by atoms with van der Waals surface area (Å²) in [5.41, 5.74) is 1.18. The maximum atomic E-state index is 13.7. The molecule has 2 amide bonds. The maximum absolute atomic E-state index is 13.7. The van der Waals surface area contributed by atoms with Crippen LogP contribution in [0.25, 0.3) is 0 Å². The number of carbonyl (C=O) groups excluding carboxylic acids is 2. The molecule has 238 valence electrons. The zero-order chi connectivity index (χ0) is 30.5. The minimum atomic E-state index is 0.211. The van der Waals surface area contributed by atoms with Gasteiger partial charge in [0.2, 0.25) is 24.9 Å². The molecule has 0 spiro atoms. The van der Waals surface area contributed by atoms with E-state index in [-0.39, 0.29) is 18.6 Å². The highest BCUT2D eigenvalue weighted by Crippen LogP contribution is 2.45. The first-order valence-corrected chi connectivity index (χ1v) is 16.1. The summed E-state index contributed by atoms with van der Waals surface area (Å²) in [6, 6.07) is 4.48. The average molecular weight is 589 g/mol. The molecule has 3 unspecified atom stereocenters. The van der Waals surface area contributed by atoms with E-state index in [2.05, 4.69) is 54.7 Å². The van der Waals surface area contributed by atoms with Gasteiger partial charge >= 0.3 is 0 Å². The van der Waals surface area contributed by atoms with Crippen LogP contribution in [-0.2, 0) is 9.59 Å². The van der Waals surface area contributed by atoms with Gasteiger partial charge in [0.1, 0.15) is 0 Å². The topological polar surface area (TPSA) is 74.8 Å². The lowest BCUT2D eigenvalue weighted by atomic mass is 9.94. The molecular weight excluding hydrogens is 532 g/mol. The molecule has 1 fully saturated rings. The summed E-state index contributed by atoms with van der Waals surface area (Å²) in [5.74, 6) is 3.36. The monoisotopic (exact) mass is 588 g/mol. The van der Waals surface area contributed by atoms with E-state index in [0.29, 0.717) is 30.0 Å². The molecule has 42 heavy (non-hydrogen) atoms. The molecule has 9 heteroatoms. The van der Waals surface area contributed by atoms with Crippen LogP contribution in [-0.4, -0.2) is 112 Å². The van der Waals surface area contributed by atoms with Gasteiger partial charge in [-0.05, 0) is 88.2 Å². The van der Waals surface area contributed by atoms with Crippen molar-refractivity contribution in [2.24, 2.45) is 5.92 Å². The van der Waals surface area contributed by atoms with Crippen LogP contribution in [0.1, 0.15) is 83.6 Å². The Balaban J connectivity index is 1.70. The first kappa shape index (κ1) is 34.0. The van der Waals surface area contributed by atoms with Gasteiger partial charge in [0.25, 0.3) is 0 Å². The second kappa shape index (κ2) is 17.6. The molecule has 0 bridgehead atoms. The SMILES string of the molecule is CCCCN(CCCC(C)CC)C(=O)CN1CC(c2cc(OC)c3c(c2)OCO3)CC1CCN(C)CCCN(C)C=O. The number of rotatable bonds is 20. The molecule has 9 nitrogen and oxygen atoms in total. The lowest BCUT2D eigenvalue weighted by Gasteiger charge is -2.30. The number of carbonyl (C=O) groups is 2. The normalized spacial score (nSPS) is 18.8. The number of amides is 2. The highest BCUT2D eigenvalue weighted by molar-refractivity contribution is 5.78. The van der Waals surface area contributed by atoms with Gasteiger partial charge in [-0.15, -0.1) is 0 Å². The number of hydrogen-bond donors (Lipinski definition) is 0. The van der Waals surface area contributed by atoms with Gasteiger partial charge in [-0.3, -0.25) is 14.5 Å². The highest BCUT2D eigenvalue weighted by atomic mass is 16.7. The lowest BCUT2D eigenvalue weighted by Crippen LogP contribution is -2.43. The van der Waals surface area contributed by atoms with Crippen LogP contribution >= 0.6 is 0 Å². The molecule has 0 aliphatic carbocycles. The Morgan fingerprint density at radius 3 is 2.60 bits per heavy atom. The summed E-state index contributed by atoms with van der Waals surface area (Å²) in [6.45, 7) is 12.6. The zero-order valence-electron chi connectivity index (χ0n) is 27.1. The van der Waals surface area contributed by atoms with E-state index in [0.717, 1.165) is 90.0 Å². The van der Waals surface area contributed by atoms with Crippen LogP contribution in [0.4, 0.5) is 0 Å². The van der Waals surface area contributed by atoms with Crippen molar-refractivity contribution < 1.29 is 23.8 Å². The van der Waals surface area contributed by atoms with Crippen molar-refractivity contribution in [3.05, 3.63) is 17.7 Å². The van der Waals surface area contributed by atoms with E-state index in [1.807, 2.05) is 7.05 Å². The molecule has 0 radical (unpaired) electrons. The molecule has 1 saturated heterocycles. The van der Waals surface area contributed by atoms with Gasteiger partial charge in [0.05, 0.1) is 13.7 Å². The fourth-order valence-corrected chi connectivity index (χ4v) is 6.05. The molecule has 0 aromatic heterocycles. The van der Waals surface area contributed by atoms with Crippen LogP contribution < -0.4 is 14.2 Å². The number of hydrogen-bond acceptors (Lipinski definition) is 7. The lowest BCUT2D eigenvalue weighted by molar-refractivity contribution is -0.133. The summed E-state index contributed by atoms with van der Waals surface area (Å²) in [4.78, 5) is 33.2. The Labute approximate surface area is 254 Å². The number of likely N-dealkylation sites (tertiary alicyclic amines) is 1. The van der Waals surface area contributed by atoms with Crippen LogP contribution in [0, 0.1) is 5.92 Å². The standard InChI is InChI=1S/C33H56N4O5/c1-7-9-16-36(17-10-12-26(3)8-2)32(39)23-37-22-28(27-20-30(40-6)33-31(21-27)41-25-42-33)19-29(37)13-18-34(4)14-11-15-35(5)24-38/h20-21,24,26,28-29H,7-19,22-23,25H2,1-6H3. The van der Waals surface area contributed by atoms with Crippen LogP contribution in [0.5, 0.6) is 17.2 Å². The third kappa shape index (κ3) is 10.0. The molecule has 3 rings (SSSR count). The van der Waals surface area contributed by atoms with Crippen LogP contribution in [0.3, 0.4) is 0 Å². The fourth-order valence-electron chi connectivity index (χ4n) is 6.05. The number of methoxy groups -OCH3 is 1. The van der Waals surface area contributed by atoms with E-state index in [1.165, 1.54) is 18.4 Å². The summed E-state index contributed by atoms with van der Waals surface area (Å²) in [5, 5.41) is 0. The molecule has 3 atom stereocenters. The molecule has 0 saturated carbocycles. The number of fused-ring (bicyclic) bond motifs is 1. The Morgan fingerprint density at radius 2 is 1.88 bits per heavy atom. The van der Waals surface area contributed by atoms with E-state index in [1.54, 1.807) is 12.0 Å². The second-order valence-corrected chi connectivity index (χ2v) is 12.4. The van der Waals surface area contributed by atoms with E-state index < -0.39 is 0 Å². The average Bonchev–Trinajstić information content (AvgIpc) is 3.63. The van der Waals surface area contributed by atoms with Crippen molar-refractivity contribution in [2.45, 2.75) is 84.1 Å². The molecular formula is C33H56N4O5. The predicted octanol–water partition coefficient (Wildman–Crippen LogP) is 4.84. The summed E-state index contributed by atoms with van der Waals surface area (Å²) < 4.78 is 17.0. The quantitative estimate of drug-likeness (QED) is 0.202. The Morgan fingerprint density at radius 1 is 1.10 bits per heavy atom. The third-order valence-electron chi connectivity index (χ3n) is 9.05. The number of ether oxygens (including phenoxy) is 3. The van der Waals surface area contributed by atoms with Gasteiger partial charge in [-0.2, -0.15) is 0 Å². The molecule has 0 N–H and O–H groups in total. The van der Waals surface area contributed by atoms with Crippen LogP contribution in [0.2, 0.25) is 0 Å². The highest BCUT2D eigenvalue weighted by Gasteiger charge is 2.36. The largest absolute Gasteiger partial charge is 0.493 e. The van der Waals surface area contributed by atoms with E-state index >= 15 is 0 Å². The molecule has 1 aromatic carbocycles. The minimum absolute atomic E-state index is 0.211. The molecule has 2 aliphatic rings. The smallest absolute Gasteiger partial charge is 0.236 e. The van der Waals surface area contributed by atoms with Crippen molar-refractivity contribution >= 4 is 12.3 Å². The molecule has 1 aromatic rings. The third-order valence-corrected chi connectivity index (χ3v) is 9.05. The van der Waals surface area contributed by atoms with Crippen LogP contribution in [0.15, 0.2) is 12.1 Å². The summed E-state index contributed by atoms with van der Waals surface area (Å²) >= 11 is 0. The Hall–Kier alpha value is -2.52. The fraction of sp³-hybridized carbons (Fsp3) is 0.758. The van der Waals surface area contributed by atoms with Crippen molar-refractivity contribution in [3.8, 4) is 17.2 Å². The number of nitrogens with zero attached hydrogens (tertiary/aromatic N) is 4. The first-order valence-electron chi connectivity index (χ1n) is 16.1. The van der Waals surface area contributed by atoms with Crippen molar-refractivity contribution in [2.75, 3.05) is 73.8 Å². The zero-order valence-corrected chi connectivity index (χ0v) is 27.1. The predicted molar refractivity (Wildman–Crippen MR) is 167 cm³/mol.